The van der Waals surface area contributed by atoms with Crippen LogP contribution in [0.4, 0.5) is 0 Å². The predicted octanol–water partition coefficient (Wildman–Crippen LogP) is 7.57. The monoisotopic (exact) mass is 669 g/mol. The van der Waals surface area contributed by atoms with Gasteiger partial charge in [0.2, 0.25) is 12.7 Å². The summed E-state index contributed by atoms with van der Waals surface area (Å²) in [7, 11) is 0. The van der Waals surface area contributed by atoms with Crippen LogP contribution in [0.25, 0.3) is 6.08 Å². The smallest absolute Gasteiger partial charge is 0.303 e. The average Bonchev–Trinajstić information content (AvgIpc) is 3.67. The number of amides is 1. The lowest BCUT2D eigenvalue weighted by molar-refractivity contribution is -0.185. The maximum Gasteiger partial charge on any atom is 0.303 e. The maximum absolute atomic E-state index is 12.8. The molecule has 6 unspecified atom stereocenters. The lowest BCUT2D eigenvalue weighted by Crippen LogP contribution is -2.58. The highest BCUT2D eigenvalue weighted by Gasteiger charge is 2.67. The van der Waals surface area contributed by atoms with Crippen molar-refractivity contribution in [1.82, 2.24) is 4.90 Å². The Hall–Kier alpha value is -3.94. The molecule has 7 rings (SSSR count). The third kappa shape index (κ3) is 6.43. The molecule has 2 aliphatic heterocycles. The van der Waals surface area contributed by atoms with Gasteiger partial charge in [-0.2, -0.15) is 0 Å². The molecule has 1 amide bonds. The lowest BCUT2D eigenvalue weighted by atomic mass is 9.47. The molecule has 0 bridgehead atoms. The van der Waals surface area contributed by atoms with Crippen LogP contribution >= 0.6 is 0 Å². The van der Waals surface area contributed by atoms with Crippen molar-refractivity contribution < 1.29 is 33.4 Å². The number of carbonyl (C=O) groups excluding carboxylic acids is 4. The molecule has 0 aromatic heterocycles. The summed E-state index contributed by atoms with van der Waals surface area (Å²) in [6.07, 6.45) is 19.9. The topological polar surface area (TPSA) is 99.2 Å². The summed E-state index contributed by atoms with van der Waals surface area (Å²) >= 11 is 0. The molecule has 49 heavy (non-hydrogen) atoms. The first-order valence-electron chi connectivity index (χ1n) is 18.1. The van der Waals surface area contributed by atoms with Crippen LogP contribution in [0, 0.1) is 28.6 Å². The number of ketones is 2. The molecule has 8 nitrogen and oxygen atoms in total. The zero-order valence-electron chi connectivity index (χ0n) is 29.7. The van der Waals surface area contributed by atoms with Gasteiger partial charge in [-0.15, -0.1) is 0 Å². The minimum Gasteiger partial charge on any atom is -0.454 e. The number of Topliss-reactive ketones (excluding diaryl/α,β-unsaturated/α-hetero) is 1. The maximum atomic E-state index is 12.8. The summed E-state index contributed by atoms with van der Waals surface area (Å²) < 4.78 is 16.4. The fourth-order valence-corrected chi connectivity index (χ4v) is 10.0. The third-order valence-electron chi connectivity index (χ3n) is 12.5. The van der Waals surface area contributed by atoms with Gasteiger partial charge in [0.25, 0.3) is 0 Å². The number of fused-ring (bicyclic) bond motifs is 6. The Balaban J connectivity index is 0.000000177. The molecule has 2 heterocycles. The average molecular weight is 670 g/mol. The molecular formula is C41H51NO7. The summed E-state index contributed by atoms with van der Waals surface area (Å²) in [5, 5.41) is 0. The van der Waals surface area contributed by atoms with E-state index in [1.165, 1.54) is 24.5 Å². The number of allylic oxidation sites excluding steroid dienone is 6. The zero-order valence-corrected chi connectivity index (χ0v) is 29.7. The highest BCUT2D eigenvalue weighted by atomic mass is 16.7. The van der Waals surface area contributed by atoms with Gasteiger partial charge < -0.3 is 19.1 Å². The Kier molecular flexibility index (Phi) is 9.80. The summed E-state index contributed by atoms with van der Waals surface area (Å²) in [5.74, 6) is 2.68. The van der Waals surface area contributed by atoms with Crippen molar-refractivity contribution in [1.29, 1.82) is 0 Å². The Morgan fingerprint density at radius 1 is 0.939 bits per heavy atom. The van der Waals surface area contributed by atoms with Gasteiger partial charge in [0.05, 0.1) is 0 Å². The van der Waals surface area contributed by atoms with E-state index in [9.17, 15) is 19.2 Å². The first-order chi connectivity index (χ1) is 23.4. The summed E-state index contributed by atoms with van der Waals surface area (Å²) in [4.78, 5) is 50.6. The van der Waals surface area contributed by atoms with E-state index in [1.807, 2.05) is 41.3 Å². The van der Waals surface area contributed by atoms with Gasteiger partial charge in [-0.3, -0.25) is 19.2 Å². The second-order valence-corrected chi connectivity index (χ2v) is 15.3. The summed E-state index contributed by atoms with van der Waals surface area (Å²) in [5.41, 5.74) is 2.18. The first-order valence-corrected chi connectivity index (χ1v) is 18.1. The van der Waals surface area contributed by atoms with Crippen molar-refractivity contribution in [2.45, 2.75) is 98.0 Å². The number of hydrogen-bond donors (Lipinski definition) is 0. The number of rotatable bonds is 5. The standard InChI is InChI=1S/C24H32O4.C17H19NO3/c1-14-12-18-19(22(4)9-6-17(27)13-21(14)22)7-10-23(5)20(18)8-11-24(23,15(2)25)28-16(3)26;19-17(18-10-4-1-5-11-18)7-3-2-6-14-8-9-15-16(12-14)21-13-20-15/h12-13,18-20H,6-11H2,1-5H3;2-3,6-9,12H,1,4-5,10-11,13H2. The van der Waals surface area contributed by atoms with Crippen LogP contribution in [-0.4, -0.2) is 53.8 Å². The second-order valence-electron chi connectivity index (χ2n) is 15.3. The molecule has 0 N–H and O–H groups in total. The van der Waals surface area contributed by atoms with Crippen LogP contribution in [0.3, 0.4) is 0 Å². The van der Waals surface area contributed by atoms with E-state index in [0.29, 0.717) is 30.6 Å². The van der Waals surface area contributed by atoms with Crippen molar-refractivity contribution in [2.75, 3.05) is 19.9 Å². The van der Waals surface area contributed by atoms with E-state index in [-0.39, 0.29) is 41.1 Å². The third-order valence-corrected chi connectivity index (χ3v) is 12.5. The molecule has 0 spiro atoms. The number of nitrogens with zero attached hydrogens (tertiary/aromatic N) is 1. The predicted molar refractivity (Wildman–Crippen MR) is 188 cm³/mol. The fraction of sp³-hybridized carbons (Fsp3) is 0.561. The first kappa shape index (κ1) is 34.9. The van der Waals surface area contributed by atoms with Crippen LogP contribution in [0.2, 0.25) is 0 Å². The van der Waals surface area contributed by atoms with E-state index >= 15 is 0 Å². The number of carbonyl (C=O) groups is 4. The van der Waals surface area contributed by atoms with E-state index < -0.39 is 5.60 Å². The normalized spacial score (nSPS) is 33.1. The van der Waals surface area contributed by atoms with Crippen molar-refractivity contribution in [2.24, 2.45) is 28.6 Å². The van der Waals surface area contributed by atoms with Gasteiger partial charge in [0, 0.05) is 37.9 Å². The largest absolute Gasteiger partial charge is 0.454 e. The molecule has 6 atom stereocenters. The van der Waals surface area contributed by atoms with Crippen LogP contribution in [0.5, 0.6) is 11.5 Å². The Bertz CT molecular complexity index is 1630. The molecule has 8 heteroatoms. The molecule has 0 radical (unpaired) electrons. The van der Waals surface area contributed by atoms with E-state index in [2.05, 4.69) is 26.8 Å². The van der Waals surface area contributed by atoms with Gasteiger partial charge in [-0.05, 0) is 118 Å². The zero-order chi connectivity index (χ0) is 35.0. The number of esters is 1. The van der Waals surface area contributed by atoms with Gasteiger partial charge >= 0.3 is 5.97 Å². The summed E-state index contributed by atoms with van der Waals surface area (Å²) in [6, 6.07) is 5.79. The molecule has 2 saturated carbocycles. The van der Waals surface area contributed by atoms with Crippen molar-refractivity contribution >= 4 is 29.5 Å². The van der Waals surface area contributed by atoms with Gasteiger partial charge in [0.15, 0.2) is 28.7 Å². The molecule has 6 aliphatic rings. The van der Waals surface area contributed by atoms with E-state index in [0.717, 1.165) is 68.7 Å². The van der Waals surface area contributed by atoms with Crippen LogP contribution < -0.4 is 9.47 Å². The Morgan fingerprint density at radius 2 is 1.67 bits per heavy atom. The van der Waals surface area contributed by atoms with Crippen molar-refractivity contribution in [3.05, 3.63) is 65.3 Å². The fourth-order valence-electron chi connectivity index (χ4n) is 10.0. The van der Waals surface area contributed by atoms with Crippen LogP contribution in [0.15, 0.2) is 59.7 Å². The minimum atomic E-state index is -0.990. The molecule has 4 aliphatic carbocycles. The Morgan fingerprint density at radius 3 is 2.41 bits per heavy atom. The number of benzene rings is 1. The van der Waals surface area contributed by atoms with Gasteiger partial charge in [-0.1, -0.05) is 49.8 Å². The quantitative estimate of drug-likeness (QED) is 0.181. The van der Waals surface area contributed by atoms with Crippen molar-refractivity contribution in [3.8, 4) is 11.5 Å². The summed E-state index contributed by atoms with van der Waals surface area (Å²) in [6.45, 7) is 11.7. The van der Waals surface area contributed by atoms with E-state index in [4.69, 9.17) is 14.2 Å². The van der Waals surface area contributed by atoms with Crippen molar-refractivity contribution in [3.63, 3.8) is 0 Å². The molecular weight excluding hydrogens is 618 g/mol. The molecule has 1 saturated heterocycles. The Labute approximate surface area is 290 Å². The van der Waals surface area contributed by atoms with Gasteiger partial charge in [0.1, 0.15) is 0 Å². The highest BCUT2D eigenvalue weighted by Crippen LogP contribution is 2.67. The number of piperidine rings is 1. The second kappa shape index (κ2) is 13.8. The molecule has 1 aromatic carbocycles. The SMILES string of the molecule is CC(=O)OC1(C(C)=O)CCC2C3C=C(C)C4=CC(=O)CCC4(C)C3CCC21C.O=C(C=CC=Cc1ccc2c(c1)OCO2)N1CCCCC1. The molecule has 262 valence electrons. The lowest BCUT2D eigenvalue weighted by Gasteiger charge is -2.58. The van der Waals surface area contributed by atoms with Gasteiger partial charge in [-0.25, -0.2) is 0 Å². The number of hydrogen-bond acceptors (Lipinski definition) is 7. The van der Waals surface area contributed by atoms with Crippen LogP contribution in [-0.2, 0) is 23.9 Å². The number of likely N-dealkylation sites (tertiary alicyclic amines) is 1. The molecule has 3 fully saturated rings. The highest BCUT2D eigenvalue weighted by molar-refractivity contribution is 5.93. The van der Waals surface area contributed by atoms with E-state index in [1.54, 1.807) is 19.1 Å². The van der Waals surface area contributed by atoms with Crippen LogP contribution in [0.1, 0.15) is 98.0 Å². The number of ether oxygens (including phenoxy) is 3. The molecule has 1 aromatic rings. The minimum absolute atomic E-state index is 0.0160.